The fraction of sp³-hybridized carbons (Fsp3) is 0.562. The summed E-state index contributed by atoms with van der Waals surface area (Å²) >= 11 is 0. The van der Waals surface area contributed by atoms with E-state index in [0.29, 0.717) is 11.5 Å². The molecule has 0 fully saturated rings. The third-order valence-electron chi connectivity index (χ3n) is 2.98. The first-order chi connectivity index (χ1) is 9.65. The maximum absolute atomic E-state index is 11.9. The number of carbonyl (C=O) groups is 1. The molecular formula is C16H26N2O3. The van der Waals surface area contributed by atoms with Crippen LogP contribution in [-0.2, 0) is 4.79 Å². The van der Waals surface area contributed by atoms with Gasteiger partial charge in [-0.3, -0.25) is 4.79 Å². The molecule has 0 saturated carbocycles. The van der Waals surface area contributed by atoms with Crippen molar-refractivity contribution >= 4 is 5.91 Å². The zero-order valence-electron chi connectivity index (χ0n) is 13.7. The lowest BCUT2D eigenvalue weighted by Crippen LogP contribution is -2.49. The first-order valence-electron chi connectivity index (χ1n) is 7.09. The van der Waals surface area contributed by atoms with Gasteiger partial charge in [-0.2, -0.15) is 0 Å². The van der Waals surface area contributed by atoms with Crippen LogP contribution in [0.25, 0.3) is 0 Å². The summed E-state index contributed by atoms with van der Waals surface area (Å²) in [5, 5.41) is 2.89. The predicted molar refractivity (Wildman–Crippen MR) is 83.6 cm³/mol. The highest BCUT2D eigenvalue weighted by atomic mass is 16.5. The smallest absolute Gasteiger partial charge is 0.239 e. The minimum absolute atomic E-state index is 0.0694. The summed E-state index contributed by atoms with van der Waals surface area (Å²) < 4.78 is 11.0. The van der Waals surface area contributed by atoms with Crippen molar-refractivity contribution in [3.8, 4) is 11.5 Å². The number of nitrogens with two attached hydrogens (primary N) is 1. The molecule has 1 atom stereocenters. The zero-order valence-corrected chi connectivity index (χ0v) is 13.7. The van der Waals surface area contributed by atoms with Crippen LogP contribution in [0, 0.1) is 0 Å². The van der Waals surface area contributed by atoms with Gasteiger partial charge in [-0.25, -0.2) is 0 Å². The Bertz CT molecular complexity index is 493. The normalized spacial score (nSPS) is 13.0. The van der Waals surface area contributed by atoms with Crippen LogP contribution in [0.2, 0.25) is 0 Å². The second-order valence-corrected chi connectivity index (χ2v) is 5.99. The summed E-state index contributed by atoms with van der Waals surface area (Å²) in [6, 6.07) is 5.47. The predicted octanol–water partition coefficient (Wildman–Crippen LogP) is 2.40. The van der Waals surface area contributed by atoms with E-state index in [1.54, 1.807) is 21.0 Å². The van der Waals surface area contributed by atoms with Crippen LogP contribution in [0.5, 0.6) is 11.5 Å². The van der Waals surface area contributed by atoms with Crippen LogP contribution in [0.3, 0.4) is 0 Å². The lowest BCUT2D eigenvalue weighted by atomic mass is 10.0. The number of ether oxygens (including phenoxy) is 2. The maximum atomic E-state index is 11.9. The number of rotatable bonds is 6. The van der Waals surface area contributed by atoms with E-state index >= 15 is 0 Å². The van der Waals surface area contributed by atoms with E-state index in [9.17, 15) is 4.79 Å². The molecule has 0 spiro atoms. The molecule has 3 N–H and O–H groups in total. The summed E-state index contributed by atoms with van der Waals surface area (Å²) in [6.45, 7) is 9.17. The number of carbonyl (C=O) groups excluding carboxylic acids is 1. The third kappa shape index (κ3) is 4.93. The van der Waals surface area contributed by atoms with Crippen molar-refractivity contribution in [1.82, 2.24) is 5.32 Å². The average Bonchev–Trinajstić information content (AvgIpc) is 2.37. The highest BCUT2D eigenvalue weighted by molar-refractivity contribution is 5.85. The summed E-state index contributed by atoms with van der Waals surface area (Å²) in [5.41, 5.74) is 5.81. The Balaban J connectivity index is 2.91. The van der Waals surface area contributed by atoms with Gasteiger partial charge >= 0.3 is 0 Å². The Hall–Kier alpha value is -1.75. The Kier molecular flexibility index (Phi) is 5.61. The summed E-state index contributed by atoms with van der Waals surface area (Å²) in [7, 11) is 1.60. The molecule has 0 aromatic heterocycles. The van der Waals surface area contributed by atoms with Gasteiger partial charge in [0.1, 0.15) is 0 Å². The van der Waals surface area contributed by atoms with Crippen molar-refractivity contribution in [2.45, 2.75) is 52.3 Å². The molecule has 0 heterocycles. The second-order valence-electron chi connectivity index (χ2n) is 5.99. The van der Waals surface area contributed by atoms with Gasteiger partial charge in [0.25, 0.3) is 0 Å². The number of hydrogen-bond donors (Lipinski definition) is 2. The average molecular weight is 294 g/mol. The number of nitrogens with one attached hydrogen (secondary N) is 1. The van der Waals surface area contributed by atoms with E-state index in [4.69, 9.17) is 15.2 Å². The Morgan fingerprint density at radius 2 is 1.86 bits per heavy atom. The second kappa shape index (κ2) is 6.80. The molecule has 1 aromatic carbocycles. The lowest BCUT2D eigenvalue weighted by molar-refractivity contribution is -0.125. The van der Waals surface area contributed by atoms with Crippen LogP contribution in [0.15, 0.2) is 18.2 Å². The molecule has 0 aliphatic rings. The quantitative estimate of drug-likeness (QED) is 0.845. The van der Waals surface area contributed by atoms with E-state index in [1.165, 1.54) is 0 Å². The summed E-state index contributed by atoms with van der Waals surface area (Å²) in [4.78, 5) is 11.9. The Morgan fingerprint density at radius 1 is 1.24 bits per heavy atom. The minimum Gasteiger partial charge on any atom is -0.493 e. The van der Waals surface area contributed by atoms with Crippen LogP contribution in [0.4, 0.5) is 0 Å². The molecule has 1 rings (SSSR count). The van der Waals surface area contributed by atoms with Crippen LogP contribution < -0.4 is 20.5 Å². The first-order valence-corrected chi connectivity index (χ1v) is 7.09. The molecule has 1 aromatic rings. The van der Waals surface area contributed by atoms with Crippen molar-refractivity contribution in [1.29, 1.82) is 0 Å². The van der Waals surface area contributed by atoms with Crippen molar-refractivity contribution < 1.29 is 14.3 Å². The van der Waals surface area contributed by atoms with Gasteiger partial charge in [-0.05, 0) is 52.3 Å². The molecule has 0 aliphatic carbocycles. The monoisotopic (exact) mass is 294 g/mol. The molecule has 0 saturated heterocycles. The van der Waals surface area contributed by atoms with Crippen LogP contribution in [0.1, 0.15) is 46.2 Å². The lowest BCUT2D eigenvalue weighted by Gasteiger charge is -2.23. The molecule has 118 valence electrons. The highest BCUT2D eigenvalue weighted by Crippen LogP contribution is 2.31. The molecular weight excluding hydrogens is 268 g/mol. The molecule has 1 amide bonds. The van der Waals surface area contributed by atoms with Gasteiger partial charge in [0.15, 0.2) is 11.5 Å². The van der Waals surface area contributed by atoms with Gasteiger partial charge < -0.3 is 20.5 Å². The molecule has 21 heavy (non-hydrogen) atoms. The van der Waals surface area contributed by atoms with Crippen molar-refractivity contribution in [3.05, 3.63) is 23.8 Å². The molecule has 0 radical (unpaired) electrons. The van der Waals surface area contributed by atoms with E-state index in [2.05, 4.69) is 5.32 Å². The van der Waals surface area contributed by atoms with Crippen molar-refractivity contribution in [3.63, 3.8) is 0 Å². The fourth-order valence-electron chi connectivity index (χ4n) is 1.77. The third-order valence-corrected chi connectivity index (χ3v) is 2.98. The minimum atomic E-state index is -0.904. The van der Waals surface area contributed by atoms with Crippen molar-refractivity contribution in [2.24, 2.45) is 5.73 Å². The standard InChI is InChI=1S/C16H26N2O3/c1-10(2)21-13-8-7-12(9-14(13)20-6)11(3)18-15(19)16(4,5)17/h7-11H,17H2,1-6H3,(H,18,19). The summed E-state index contributed by atoms with van der Waals surface area (Å²) in [6.07, 6.45) is 0.0694. The van der Waals surface area contributed by atoms with Crippen LogP contribution >= 0.6 is 0 Å². The van der Waals surface area contributed by atoms with E-state index in [0.717, 1.165) is 5.56 Å². The molecule has 5 heteroatoms. The van der Waals surface area contributed by atoms with Gasteiger partial charge in [0, 0.05) is 0 Å². The molecule has 1 unspecified atom stereocenters. The molecule has 5 nitrogen and oxygen atoms in total. The van der Waals surface area contributed by atoms with E-state index in [-0.39, 0.29) is 18.1 Å². The first kappa shape index (κ1) is 17.3. The topological polar surface area (TPSA) is 73.6 Å². The zero-order chi connectivity index (χ0) is 16.2. The van der Waals surface area contributed by atoms with Gasteiger partial charge in [0.2, 0.25) is 5.91 Å². The fourth-order valence-corrected chi connectivity index (χ4v) is 1.77. The summed E-state index contributed by atoms with van der Waals surface area (Å²) in [5.74, 6) is 1.14. The number of hydrogen-bond acceptors (Lipinski definition) is 4. The van der Waals surface area contributed by atoms with E-state index in [1.807, 2.05) is 39.0 Å². The van der Waals surface area contributed by atoms with Gasteiger partial charge in [-0.1, -0.05) is 6.07 Å². The van der Waals surface area contributed by atoms with E-state index < -0.39 is 5.54 Å². The number of amides is 1. The SMILES string of the molecule is COc1cc(C(C)NC(=O)C(C)(C)N)ccc1OC(C)C. The Labute approximate surface area is 126 Å². The van der Waals surface area contributed by atoms with Gasteiger partial charge in [0.05, 0.1) is 24.8 Å². The van der Waals surface area contributed by atoms with Crippen molar-refractivity contribution in [2.75, 3.05) is 7.11 Å². The Morgan fingerprint density at radius 3 is 2.33 bits per heavy atom. The molecule has 0 bridgehead atoms. The largest absolute Gasteiger partial charge is 0.493 e. The maximum Gasteiger partial charge on any atom is 0.239 e. The molecule has 0 aliphatic heterocycles. The highest BCUT2D eigenvalue weighted by Gasteiger charge is 2.24. The number of benzene rings is 1. The van der Waals surface area contributed by atoms with Gasteiger partial charge in [-0.15, -0.1) is 0 Å². The number of methoxy groups -OCH3 is 1. The van der Waals surface area contributed by atoms with Crippen LogP contribution in [-0.4, -0.2) is 24.7 Å².